The summed E-state index contributed by atoms with van der Waals surface area (Å²) in [7, 11) is 0. The standard InChI is InChI=1S/C10H8BrF2IO/c1-5(15)9(11)6-2-7(10(12)13)4-8(14)3-6/h2-4,9-10H,1H3. The van der Waals surface area contributed by atoms with Crippen LogP contribution >= 0.6 is 38.5 Å². The molecule has 0 bridgehead atoms. The lowest BCUT2D eigenvalue weighted by Crippen LogP contribution is -2.02. The molecule has 1 aromatic carbocycles. The van der Waals surface area contributed by atoms with Crippen molar-refractivity contribution in [1.82, 2.24) is 0 Å². The lowest BCUT2D eigenvalue weighted by molar-refractivity contribution is -0.116. The molecule has 1 aromatic rings. The van der Waals surface area contributed by atoms with Crippen LogP contribution in [0.2, 0.25) is 0 Å². The zero-order valence-corrected chi connectivity index (χ0v) is 11.6. The van der Waals surface area contributed by atoms with E-state index < -0.39 is 11.3 Å². The summed E-state index contributed by atoms with van der Waals surface area (Å²) in [5.74, 6) is -0.0998. The van der Waals surface area contributed by atoms with Gasteiger partial charge in [0, 0.05) is 9.13 Å². The Morgan fingerprint density at radius 2 is 1.87 bits per heavy atom. The summed E-state index contributed by atoms with van der Waals surface area (Å²) in [5.41, 5.74) is 0.521. The molecular formula is C10H8BrF2IO. The van der Waals surface area contributed by atoms with Crippen LogP contribution in [0.25, 0.3) is 0 Å². The zero-order chi connectivity index (χ0) is 11.6. The molecule has 1 unspecified atom stereocenters. The number of Topliss-reactive ketones (excluding diaryl/α,β-unsaturated/α-hetero) is 1. The smallest absolute Gasteiger partial charge is 0.263 e. The van der Waals surface area contributed by atoms with Gasteiger partial charge in [-0.05, 0) is 53.3 Å². The highest BCUT2D eigenvalue weighted by Crippen LogP contribution is 2.29. The van der Waals surface area contributed by atoms with E-state index in [1.54, 1.807) is 6.07 Å². The van der Waals surface area contributed by atoms with Crippen LogP contribution in [0.5, 0.6) is 0 Å². The van der Waals surface area contributed by atoms with E-state index in [4.69, 9.17) is 0 Å². The predicted octanol–water partition coefficient (Wildman–Crippen LogP) is 4.25. The Bertz CT molecular complexity index is 382. The van der Waals surface area contributed by atoms with Crippen molar-refractivity contribution in [3.63, 3.8) is 0 Å². The van der Waals surface area contributed by atoms with Gasteiger partial charge in [0.1, 0.15) is 5.78 Å². The molecule has 5 heteroatoms. The Labute approximate surface area is 109 Å². The van der Waals surface area contributed by atoms with Crippen LogP contribution < -0.4 is 0 Å². The number of rotatable bonds is 3. The quantitative estimate of drug-likeness (QED) is 0.558. The first-order valence-corrected chi connectivity index (χ1v) is 6.14. The second kappa shape index (κ2) is 5.34. The number of benzene rings is 1. The maximum Gasteiger partial charge on any atom is 0.263 e. The molecule has 0 radical (unpaired) electrons. The fraction of sp³-hybridized carbons (Fsp3) is 0.300. The second-order valence-corrected chi connectivity index (χ2v) is 5.25. The van der Waals surface area contributed by atoms with Gasteiger partial charge in [-0.2, -0.15) is 0 Å². The Hall–Kier alpha value is -0.0400. The molecule has 1 rings (SSSR count). The third kappa shape index (κ3) is 3.48. The van der Waals surface area contributed by atoms with Crippen molar-refractivity contribution in [1.29, 1.82) is 0 Å². The van der Waals surface area contributed by atoms with Crippen molar-refractivity contribution in [2.45, 2.75) is 18.2 Å². The normalized spacial score (nSPS) is 12.9. The number of carbonyl (C=O) groups excluding carboxylic acids is 1. The van der Waals surface area contributed by atoms with E-state index in [0.717, 1.165) is 0 Å². The summed E-state index contributed by atoms with van der Waals surface area (Å²) >= 11 is 5.13. The molecule has 82 valence electrons. The highest BCUT2D eigenvalue weighted by Gasteiger charge is 2.16. The number of hydrogen-bond acceptors (Lipinski definition) is 1. The van der Waals surface area contributed by atoms with Crippen LogP contribution in [-0.4, -0.2) is 5.78 Å². The van der Waals surface area contributed by atoms with Gasteiger partial charge in [0.05, 0.1) is 4.83 Å². The van der Waals surface area contributed by atoms with Crippen LogP contribution in [0.15, 0.2) is 18.2 Å². The fourth-order valence-corrected chi connectivity index (χ4v) is 2.13. The molecule has 0 saturated carbocycles. The molecule has 0 aliphatic heterocycles. The monoisotopic (exact) mass is 388 g/mol. The summed E-state index contributed by atoms with van der Waals surface area (Å²) in [6.45, 7) is 1.42. The lowest BCUT2D eigenvalue weighted by atomic mass is 10.1. The van der Waals surface area contributed by atoms with E-state index in [1.165, 1.54) is 19.1 Å². The Kier molecular flexibility index (Phi) is 4.64. The molecule has 0 aliphatic rings. The van der Waals surface area contributed by atoms with Crippen LogP contribution in [0.4, 0.5) is 8.78 Å². The molecule has 0 amide bonds. The average molecular weight is 389 g/mol. The van der Waals surface area contributed by atoms with Crippen LogP contribution in [0.3, 0.4) is 0 Å². The second-order valence-electron chi connectivity index (χ2n) is 3.09. The van der Waals surface area contributed by atoms with Gasteiger partial charge in [-0.1, -0.05) is 15.9 Å². The minimum atomic E-state index is -2.51. The first-order valence-electron chi connectivity index (χ1n) is 4.15. The first kappa shape index (κ1) is 13.0. The van der Waals surface area contributed by atoms with Crippen molar-refractivity contribution >= 4 is 44.3 Å². The molecule has 0 aliphatic carbocycles. The van der Waals surface area contributed by atoms with Crippen molar-refractivity contribution in [2.24, 2.45) is 0 Å². The van der Waals surface area contributed by atoms with Gasteiger partial charge < -0.3 is 0 Å². The Morgan fingerprint density at radius 3 is 2.33 bits per heavy atom. The summed E-state index contributed by atoms with van der Waals surface area (Å²) < 4.78 is 25.7. The lowest BCUT2D eigenvalue weighted by Gasteiger charge is -2.09. The molecular weight excluding hydrogens is 381 g/mol. The van der Waals surface area contributed by atoms with Gasteiger partial charge in [0.15, 0.2) is 0 Å². The molecule has 15 heavy (non-hydrogen) atoms. The van der Waals surface area contributed by atoms with E-state index >= 15 is 0 Å². The van der Waals surface area contributed by atoms with E-state index in [9.17, 15) is 13.6 Å². The SMILES string of the molecule is CC(=O)C(Br)c1cc(I)cc(C(F)F)c1. The molecule has 1 nitrogen and oxygen atoms in total. The Morgan fingerprint density at radius 1 is 1.33 bits per heavy atom. The molecule has 0 aromatic heterocycles. The predicted molar refractivity (Wildman–Crippen MR) is 66.5 cm³/mol. The third-order valence-electron chi connectivity index (χ3n) is 1.84. The average Bonchev–Trinajstić information content (AvgIpc) is 2.15. The highest BCUT2D eigenvalue weighted by atomic mass is 127. The summed E-state index contributed by atoms with van der Waals surface area (Å²) in [5, 5.41) is 0. The first-order chi connectivity index (χ1) is 6.91. The highest BCUT2D eigenvalue weighted by molar-refractivity contribution is 14.1. The molecule has 0 heterocycles. The van der Waals surface area contributed by atoms with Crippen LogP contribution in [0, 0.1) is 3.57 Å². The largest absolute Gasteiger partial charge is 0.298 e. The van der Waals surface area contributed by atoms with Gasteiger partial charge in [0.2, 0.25) is 0 Å². The summed E-state index contributed by atoms with van der Waals surface area (Å²) in [6, 6.07) is 4.48. The zero-order valence-electron chi connectivity index (χ0n) is 7.81. The van der Waals surface area contributed by atoms with Crippen molar-refractivity contribution < 1.29 is 13.6 Å². The van der Waals surface area contributed by atoms with E-state index in [-0.39, 0.29) is 11.3 Å². The maximum absolute atomic E-state index is 12.5. The third-order valence-corrected chi connectivity index (χ3v) is 3.64. The topological polar surface area (TPSA) is 17.1 Å². The number of halogens is 4. The van der Waals surface area contributed by atoms with Crippen molar-refractivity contribution in [2.75, 3.05) is 0 Å². The van der Waals surface area contributed by atoms with Gasteiger partial charge in [-0.3, -0.25) is 4.79 Å². The van der Waals surface area contributed by atoms with E-state index in [2.05, 4.69) is 15.9 Å². The fourth-order valence-electron chi connectivity index (χ4n) is 1.14. The van der Waals surface area contributed by atoms with Gasteiger partial charge in [-0.15, -0.1) is 0 Å². The van der Waals surface area contributed by atoms with E-state index in [0.29, 0.717) is 9.13 Å². The van der Waals surface area contributed by atoms with Crippen molar-refractivity contribution in [3.05, 3.63) is 32.9 Å². The number of carbonyl (C=O) groups is 1. The number of ketones is 1. The van der Waals surface area contributed by atoms with E-state index in [1.807, 2.05) is 22.6 Å². The van der Waals surface area contributed by atoms with Gasteiger partial charge in [0.25, 0.3) is 6.43 Å². The molecule has 0 N–H and O–H groups in total. The van der Waals surface area contributed by atoms with Crippen LogP contribution in [0.1, 0.15) is 29.3 Å². The summed E-state index contributed by atoms with van der Waals surface area (Å²) in [6.07, 6.45) is -2.51. The number of alkyl halides is 3. The molecule has 0 fully saturated rings. The minimum Gasteiger partial charge on any atom is -0.298 e. The molecule has 0 saturated heterocycles. The van der Waals surface area contributed by atoms with Crippen molar-refractivity contribution in [3.8, 4) is 0 Å². The maximum atomic E-state index is 12.5. The Balaban J connectivity index is 3.14. The number of hydrogen-bond donors (Lipinski definition) is 0. The van der Waals surface area contributed by atoms with Crippen LogP contribution in [-0.2, 0) is 4.79 Å². The van der Waals surface area contributed by atoms with Gasteiger partial charge in [-0.25, -0.2) is 8.78 Å². The summed E-state index contributed by atoms with van der Waals surface area (Å²) in [4.78, 5) is 10.6. The van der Waals surface area contributed by atoms with Gasteiger partial charge >= 0.3 is 0 Å². The minimum absolute atomic E-state index is 0.0531. The molecule has 1 atom stereocenters. The molecule has 0 spiro atoms.